The summed E-state index contributed by atoms with van der Waals surface area (Å²) >= 11 is 0. The molecule has 0 fully saturated rings. The number of nitrogens with zero attached hydrogens (tertiary/aromatic N) is 2. The van der Waals surface area contributed by atoms with E-state index < -0.39 is 0 Å². The smallest absolute Gasteiger partial charge is 0.232 e. The molecule has 5 heteroatoms. The normalized spacial score (nSPS) is 19.0. The lowest BCUT2D eigenvalue weighted by Crippen LogP contribution is -2.44. The number of hydrogen-bond acceptors (Lipinski definition) is 2. The van der Waals surface area contributed by atoms with Gasteiger partial charge in [-0.3, -0.25) is 9.79 Å². The summed E-state index contributed by atoms with van der Waals surface area (Å²) in [6, 6.07) is 16.5. The van der Waals surface area contributed by atoms with Crippen LogP contribution < -0.4 is 10.6 Å². The van der Waals surface area contributed by atoms with Crippen LogP contribution in [-0.2, 0) is 17.8 Å². The Morgan fingerprint density at radius 1 is 1.19 bits per heavy atom. The fraction of sp³-hybridized carbons (Fsp3) is 0.333. The van der Waals surface area contributed by atoms with Crippen molar-refractivity contribution >= 4 is 17.6 Å². The van der Waals surface area contributed by atoms with Gasteiger partial charge in [0.15, 0.2) is 5.96 Å². The van der Waals surface area contributed by atoms with Gasteiger partial charge < -0.3 is 15.5 Å². The maximum atomic E-state index is 12.2. The van der Waals surface area contributed by atoms with Gasteiger partial charge in [0.05, 0.1) is 5.92 Å². The molecule has 0 aliphatic carbocycles. The summed E-state index contributed by atoms with van der Waals surface area (Å²) in [5.74, 6) is 0.917. The van der Waals surface area contributed by atoms with Crippen molar-refractivity contribution < 1.29 is 4.79 Å². The van der Waals surface area contributed by atoms with E-state index >= 15 is 0 Å². The molecule has 5 nitrogen and oxygen atoms in total. The molecule has 4 rings (SSSR count). The molecule has 2 aromatic carbocycles. The number of carbonyl (C=O) groups is 1. The number of hydrogen-bond donors (Lipinski definition) is 2. The monoisotopic (exact) mass is 348 g/mol. The SMILES string of the molecule is CN=C(NCCC1C(=O)Nc2ccccc21)N1CCc2ccccc2C1. The molecule has 2 aromatic rings. The molecule has 0 saturated carbocycles. The van der Waals surface area contributed by atoms with Gasteiger partial charge in [-0.15, -0.1) is 0 Å². The molecular formula is C21H24N4O. The lowest BCUT2D eigenvalue weighted by Gasteiger charge is -2.31. The van der Waals surface area contributed by atoms with Crippen LogP contribution in [0, 0.1) is 0 Å². The van der Waals surface area contributed by atoms with E-state index in [1.54, 1.807) is 0 Å². The van der Waals surface area contributed by atoms with Gasteiger partial charge in [-0.2, -0.15) is 0 Å². The highest BCUT2D eigenvalue weighted by Gasteiger charge is 2.29. The number of rotatable bonds is 3. The van der Waals surface area contributed by atoms with Crippen molar-refractivity contribution in [2.75, 3.05) is 25.5 Å². The molecule has 1 atom stereocenters. The molecule has 0 radical (unpaired) electrons. The summed E-state index contributed by atoms with van der Waals surface area (Å²) in [4.78, 5) is 19.0. The number of amides is 1. The number of aliphatic imine (C=N–C) groups is 1. The van der Waals surface area contributed by atoms with Gasteiger partial charge in [-0.25, -0.2) is 0 Å². The van der Waals surface area contributed by atoms with Gasteiger partial charge in [-0.1, -0.05) is 42.5 Å². The third-order valence-corrected chi connectivity index (χ3v) is 5.27. The van der Waals surface area contributed by atoms with Crippen LogP contribution in [0.2, 0.25) is 0 Å². The maximum absolute atomic E-state index is 12.2. The maximum Gasteiger partial charge on any atom is 0.232 e. The molecule has 0 bridgehead atoms. The fourth-order valence-electron chi connectivity index (χ4n) is 3.90. The van der Waals surface area contributed by atoms with E-state index in [4.69, 9.17) is 0 Å². The zero-order valence-electron chi connectivity index (χ0n) is 15.0. The van der Waals surface area contributed by atoms with Crippen molar-refractivity contribution in [3.8, 4) is 0 Å². The Kier molecular flexibility index (Phi) is 4.61. The molecule has 134 valence electrons. The summed E-state index contributed by atoms with van der Waals surface area (Å²) in [6.45, 7) is 2.56. The lowest BCUT2D eigenvalue weighted by molar-refractivity contribution is -0.117. The molecule has 2 aliphatic rings. The number of carbonyl (C=O) groups excluding carboxylic acids is 1. The number of fused-ring (bicyclic) bond motifs is 2. The molecule has 1 amide bonds. The van der Waals surface area contributed by atoms with Crippen molar-refractivity contribution in [3.05, 3.63) is 65.2 Å². The Balaban J connectivity index is 1.36. The highest BCUT2D eigenvalue weighted by molar-refractivity contribution is 6.02. The zero-order chi connectivity index (χ0) is 17.9. The van der Waals surface area contributed by atoms with Gasteiger partial charge >= 0.3 is 0 Å². The third kappa shape index (κ3) is 3.17. The Morgan fingerprint density at radius 3 is 2.81 bits per heavy atom. The van der Waals surface area contributed by atoms with E-state index in [0.29, 0.717) is 0 Å². The minimum absolute atomic E-state index is 0.0844. The van der Waals surface area contributed by atoms with Crippen molar-refractivity contribution in [2.45, 2.75) is 25.3 Å². The highest BCUT2D eigenvalue weighted by Crippen LogP contribution is 2.33. The highest BCUT2D eigenvalue weighted by atomic mass is 16.2. The minimum atomic E-state index is -0.0844. The Labute approximate surface area is 154 Å². The lowest BCUT2D eigenvalue weighted by atomic mass is 9.97. The molecule has 2 heterocycles. The number of nitrogens with one attached hydrogen (secondary N) is 2. The molecule has 0 aromatic heterocycles. The van der Waals surface area contributed by atoms with E-state index in [9.17, 15) is 4.79 Å². The average molecular weight is 348 g/mol. The van der Waals surface area contributed by atoms with Crippen LogP contribution in [0.25, 0.3) is 0 Å². The predicted octanol–water partition coefficient (Wildman–Crippen LogP) is 2.75. The second-order valence-electron chi connectivity index (χ2n) is 6.83. The molecule has 2 N–H and O–H groups in total. The first-order chi connectivity index (χ1) is 12.8. The Bertz CT molecular complexity index is 845. The van der Waals surface area contributed by atoms with Gasteiger partial charge in [0.2, 0.25) is 5.91 Å². The summed E-state index contributed by atoms with van der Waals surface area (Å²) < 4.78 is 0. The summed E-state index contributed by atoms with van der Waals surface area (Å²) in [5.41, 5.74) is 4.84. The molecule has 1 unspecified atom stereocenters. The average Bonchev–Trinajstić information content (AvgIpc) is 3.00. The van der Waals surface area contributed by atoms with Crippen molar-refractivity contribution in [1.29, 1.82) is 0 Å². The van der Waals surface area contributed by atoms with Crippen molar-refractivity contribution in [2.24, 2.45) is 4.99 Å². The van der Waals surface area contributed by atoms with Crippen LogP contribution in [0.5, 0.6) is 0 Å². The van der Waals surface area contributed by atoms with Crippen LogP contribution in [0.1, 0.15) is 29.0 Å². The third-order valence-electron chi connectivity index (χ3n) is 5.27. The van der Waals surface area contributed by atoms with E-state index in [0.717, 1.165) is 49.7 Å². The van der Waals surface area contributed by atoms with Crippen LogP contribution >= 0.6 is 0 Å². The van der Waals surface area contributed by atoms with E-state index in [2.05, 4.69) is 44.8 Å². The van der Waals surface area contributed by atoms with E-state index in [1.807, 2.05) is 31.3 Å². The van der Waals surface area contributed by atoms with Crippen LogP contribution in [-0.4, -0.2) is 36.9 Å². The largest absolute Gasteiger partial charge is 0.356 e. The summed E-state index contributed by atoms with van der Waals surface area (Å²) in [6.07, 6.45) is 1.79. The summed E-state index contributed by atoms with van der Waals surface area (Å²) in [7, 11) is 1.82. The van der Waals surface area contributed by atoms with Gasteiger partial charge in [0.1, 0.15) is 0 Å². The van der Waals surface area contributed by atoms with Crippen molar-refractivity contribution in [1.82, 2.24) is 10.2 Å². The molecule has 2 aliphatic heterocycles. The van der Waals surface area contributed by atoms with Crippen LogP contribution in [0.3, 0.4) is 0 Å². The van der Waals surface area contributed by atoms with E-state index in [1.165, 1.54) is 11.1 Å². The van der Waals surface area contributed by atoms with Gasteiger partial charge in [0, 0.05) is 32.4 Å². The van der Waals surface area contributed by atoms with Crippen molar-refractivity contribution in [3.63, 3.8) is 0 Å². The number of guanidine groups is 1. The molecule has 26 heavy (non-hydrogen) atoms. The predicted molar refractivity (Wildman–Crippen MR) is 104 cm³/mol. The van der Waals surface area contributed by atoms with Gasteiger partial charge in [-0.05, 0) is 35.6 Å². The first kappa shape index (κ1) is 16.6. The minimum Gasteiger partial charge on any atom is -0.356 e. The van der Waals surface area contributed by atoms with Crippen LogP contribution in [0.15, 0.2) is 53.5 Å². The first-order valence-corrected chi connectivity index (χ1v) is 9.18. The van der Waals surface area contributed by atoms with Crippen LogP contribution in [0.4, 0.5) is 5.69 Å². The Hall–Kier alpha value is -2.82. The molecular weight excluding hydrogens is 324 g/mol. The first-order valence-electron chi connectivity index (χ1n) is 9.18. The second-order valence-corrected chi connectivity index (χ2v) is 6.83. The fourth-order valence-corrected chi connectivity index (χ4v) is 3.90. The second kappa shape index (κ2) is 7.20. The Morgan fingerprint density at radius 2 is 1.96 bits per heavy atom. The van der Waals surface area contributed by atoms with Gasteiger partial charge in [0.25, 0.3) is 0 Å². The zero-order valence-corrected chi connectivity index (χ0v) is 15.0. The topological polar surface area (TPSA) is 56.7 Å². The summed E-state index contributed by atoms with van der Waals surface area (Å²) in [5, 5.41) is 6.41. The molecule has 0 saturated heterocycles. The van der Waals surface area contributed by atoms with E-state index in [-0.39, 0.29) is 11.8 Å². The molecule has 0 spiro atoms. The number of benzene rings is 2. The standard InChI is InChI=1S/C21H24N4O/c1-22-21(25-13-11-15-6-2-3-7-16(15)14-25)23-12-10-18-17-8-4-5-9-19(17)24-20(18)26/h2-9,18H,10-14H2,1H3,(H,22,23)(H,24,26). The number of para-hydroxylation sites is 1. The quantitative estimate of drug-likeness (QED) is 0.662. The number of anilines is 1.